The first-order chi connectivity index (χ1) is 28.4. The van der Waals surface area contributed by atoms with Gasteiger partial charge in [-0.2, -0.15) is 0 Å². The minimum Gasteiger partial charge on any atom is -0.308 e. The van der Waals surface area contributed by atoms with Gasteiger partial charge in [-0.05, 0) is 109 Å². The molecule has 0 saturated heterocycles. The van der Waals surface area contributed by atoms with E-state index in [-0.39, 0.29) is 0 Å². The van der Waals surface area contributed by atoms with Crippen molar-refractivity contribution in [3.63, 3.8) is 0 Å². The maximum absolute atomic E-state index is 17.3. The van der Waals surface area contributed by atoms with Crippen LogP contribution in [0.25, 0.3) is 0 Å². The predicted octanol–water partition coefficient (Wildman–Crippen LogP) is 9.99. The molecule has 58 heavy (non-hydrogen) atoms. The fraction of sp³-hybridized carbons (Fsp3) is 0.294. The number of benzene rings is 6. The van der Waals surface area contributed by atoms with E-state index in [1.54, 1.807) is 0 Å². The lowest BCUT2D eigenvalue weighted by molar-refractivity contribution is 0.592. The molecule has 3 fully saturated rings. The molecule has 3 heterocycles. The Morgan fingerprint density at radius 3 is 0.793 bits per heavy atom. The van der Waals surface area contributed by atoms with Gasteiger partial charge in [-0.1, -0.05) is 130 Å². The smallest absolute Gasteiger partial charge is 0.175 e. The van der Waals surface area contributed by atoms with Crippen LogP contribution in [0.3, 0.4) is 0 Å². The molecule has 0 spiro atoms. The van der Waals surface area contributed by atoms with Crippen LogP contribution in [0.5, 0.6) is 0 Å². The molecule has 0 amide bonds. The molecule has 0 aromatic heterocycles. The van der Waals surface area contributed by atoms with Crippen LogP contribution in [0.1, 0.15) is 111 Å². The van der Waals surface area contributed by atoms with Gasteiger partial charge >= 0.3 is 0 Å². The molecule has 0 atom stereocenters. The summed E-state index contributed by atoms with van der Waals surface area (Å²) in [5.74, 6) is 0.953. The molecule has 0 unspecified atom stereocenters. The summed E-state index contributed by atoms with van der Waals surface area (Å²) in [4.78, 5) is 2.34. The van der Waals surface area contributed by atoms with Crippen molar-refractivity contribution < 1.29 is 13.7 Å². The Bertz CT molecular complexity index is 2410. The van der Waals surface area contributed by atoms with E-state index in [0.717, 1.165) is 120 Å². The van der Waals surface area contributed by atoms with Gasteiger partial charge in [0.25, 0.3) is 0 Å². The van der Waals surface area contributed by atoms with Gasteiger partial charge in [0, 0.05) is 47.7 Å². The zero-order valence-electron chi connectivity index (χ0n) is 32.9. The van der Waals surface area contributed by atoms with Crippen LogP contribution in [0.2, 0.25) is 0 Å². The van der Waals surface area contributed by atoms with Crippen LogP contribution < -0.4 is 52.6 Å². The average Bonchev–Trinajstić information content (AvgIpc) is 4.12. The van der Waals surface area contributed by atoms with Crippen molar-refractivity contribution in [3.05, 3.63) is 144 Å². The normalized spacial score (nSPS) is 26.0. The molecule has 6 aromatic rings. The highest BCUT2D eigenvalue weighted by atomic mass is 31.2. The summed E-state index contributed by atoms with van der Waals surface area (Å²) in [5, 5.41) is 7.12. The summed E-state index contributed by atoms with van der Waals surface area (Å²) in [6.07, 6.45) is 13.4. The molecule has 4 nitrogen and oxygen atoms in total. The third-order valence-electron chi connectivity index (χ3n) is 14.8. The maximum atomic E-state index is 17.3. The van der Waals surface area contributed by atoms with Crippen molar-refractivity contribution in [1.82, 2.24) is 0 Å². The van der Waals surface area contributed by atoms with Crippen LogP contribution >= 0.6 is 21.4 Å². The van der Waals surface area contributed by atoms with Crippen molar-refractivity contribution in [1.29, 1.82) is 0 Å². The summed E-state index contributed by atoms with van der Waals surface area (Å²) in [6, 6.07) is 43.8. The molecule has 6 aromatic carbocycles. The second-order valence-corrected chi connectivity index (χ2v) is 25.9. The van der Waals surface area contributed by atoms with E-state index in [0.29, 0.717) is 17.8 Å². The Morgan fingerprint density at radius 1 is 0.345 bits per heavy atom. The number of hydrogen-bond donors (Lipinski definition) is 0. The van der Waals surface area contributed by atoms with Crippen molar-refractivity contribution in [2.45, 2.75) is 94.8 Å². The summed E-state index contributed by atoms with van der Waals surface area (Å²) >= 11 is 0. The monoisotopic (exact) mass is 815 g/mol. The van der Waals surface area contributed by atoms with Gasteiger partial charge < -0.3 is 18.6 Å². The first-order valence-electron chi connectivity index (χ1n) is 21.7. The minimum absolute atomic E-state index is 0.318. The van der Waals surface area contributed by atoms with E-state index >= 15 is 13.7 Å². The lowest BCUT2D eigenvalue weighted by Crippen LogP contribution is -2.53. The van der Waals surface area contributed by atoms with Gasteiger partial charge in [-0.3, -0.25) is 0 Å². The Morgan fingerprint density at radius 2 is 0.569 bits per heavy atom. The Kier molecular flexibility index (Phi) is 8.10. The second kappa shape index (κ2) is 13.2. The largest absolute Gasteiger partial charge is 0.308 e. The molecule has 6 aliphatic rings. The summed E-state index contributed by atoms with van der Waals surface area (Å²) in [5.41, 5.74) is 5.88. The van der Waals surface area contributed by atoms with Gasteiger partial charge in [0.05, 0.1) is 17.1 Å². The topological polar surface area (TPSA) is 54.5 Å². The highest BCUT2D eigenvalue weighted by molar-refractivity contribution is 7.89. The van der Waals surface area contributed by atoms with E-state index < -0.39 is 21.4 Å². The SMILES string of the molecule is O=P1(c2ccccc2)c2cc(C3CCCC3)cc3c2N2c4c1cc(C1CCCC1)cc4P(=O)(c1ccccc1)c1cc(C4CCCC4)cc(c12)P3(=O)c1ccccc1. The fourth-order valence-corrected chi connectivity index (χ4v) is 21.5. The van der Waals surface area contributed by atoms with Crippen LogP contribution in [0.4, 0.5) is 17.1 Å². The lowest BCUT2D eigenvalue weighted by atomic mass is 9.95. The van der Waals surface area contributed by atoms with Crippen molar-refractivity contribution >= 4 is 86.2 Å². The fourth-order valence-electron chi connectivity index (χ4n) is 12.0. The van der Waals surface area contributed by atoms with Crippen molar-refractivity contribution in [2.75, 3.05) is 4.90 Å². The maximum Gasteiger partial charge on any atom is 0.175 e. The Labute approximate surface area is 342 Å². The van der Waals surface area contributed by atoms with Gasteiger partial charge in [-0.25, -0.2) is 0 Å². The molecule has 3 aliphatic heterocycles. The van der Waals surface area contributed by atoms with Gasteiger partial charge in [0.2, 0.25) is 0 Å². The van der Waals surface area contributed by atoms with E-state index in [2.05, 4.69) is 41.3 Å². The van der Waals surface area contributed by atoms with Crippen LogP contribution in [-0.4, -0.2) is 0 Å². The summed E-state index contributed by atoms with van der Waals surface area (Å²) in [6.45, 7) is 0. The van der Waals surface area contributed by atoms with Crippen LogP contribution in [-0.2, 0) is 13.7 Å². The predicted molar refractivity (Wildman–Crippen MR) is 244 cm³/mol. The first-order valence-corrected chi connectivity index (χ1v) is 26.9. The van der Waals surface area contributed by atoms with Crippen LogP contribution in [0, 0.1) is 0 Å². The standard InChI is InChI=1S/C51H48NO3P3/c53-56(40-22-4-1-5-23-40)43-28-37(34-16-10-11-17-34)30-45-49(43)52-50-44(56)29-38(35-18-12-13-19-35)31-46(50)58(55,42-26-8-3-9-27-42)48-33-39(36-20-14-15-21-36)32-47(51(48)52)57(45,54)41-24-6-2-7-25-41/h1-9,22-36H,10-21H2. The molecular weight excluding hydrogens is 767 g/mol. The van der Waals surface area contributed by atoms with E-state index in [1.807, 2.05) is 91.0 Å². The highest BCUT2D eigenvalue weighted by Gasteiger charge is 2.57. The average molecular weight is 816 g/mol. The molecule has 0 radical (unpaired) electrons. The Balaban J connectivity index is 1.31. The molecule has 7 heteroatoms. The van der Waals surface area contributed by atoms with E-state index in [1.165, 1.54) is 38.5 Å². The highest BCUT2D eigenvalue weighted by Crippen LogP contribution is 2.66. The molecule has 3 saturated carbocycles. The minimum atomic E-state index is -3.64. The van der Waals surface area contributed by atoms with E-state index in [4.69, 9.17) is 0 Å². The zero-order valence-corrected chi connectivity index (χ0v) is 35.5. The zero-order chi connectivity index (χ0) is 38.8. The van der Waals surface area contributed by atoms with Gasteiger partial charge in [0.15, 0.2) is 21.4 Å². The number of rotatable bonds is 6. The third-order valence-corrected chi connectivity index (χ3v) is 24.0. The number of anilines is 3. The lowest BCUT2D eigenvalue weighted by Gasteiger charge is -2.50. The summed E-state index contributed by atoms with van der Waals surface area (Å²) in [7, 11) is -10.9. The molecule has 3 aliphatic carbocycles. The second-order valence-electron chi connectivity index (χ2n) is 17.8. The van der Waals surface area contributed by atoms with Gasteiger partial charge in [0.1, 0.15) is 0 Å². The molecule has 12 rings (SSSR count). The molecule has 290 valence electrons. The molecule has 0 bridgehead atoms. The van der Waals surface area contributed by atoms with Crippen molar-refractivity contribution in [2.24, 2.45) is 0 Å². The van der Waals surface area contributed by atoms with Crippen LogP contribution in [0.15, 0.2) is 127 Å². The molecule has 0 N–H and O–H groups in total. The first kappa shape index (κ1) is 35.7. The Hall–Kier alpha value is -4.19. The number of hydrogen-bond acceptors (Lipinski definition) is 4. The quantitative estimate of drug-likeness (QED) is 0.157. The molecular formula is C51H48NO3P3. The third kappa shape index (κ3) is 4.81. The van der Waals surface area contributed by atoms with Gasteiger partial charge in [-0.15, -0.1) is 0 Å². The van der Waals surface area contributed by atoms with E-state index in [9.17, 15) is 0 Å². The number of nitrogens with zero attached hydrogens (tertiary/aromatic N) is 1. The van der Waals surface area contributed by atoms with Crippen molar-refractivity contribution in [3.8, 4) is 0 Å². The summed E-state index contributed by atoms with van der Waals surface area (Å²) < 4.78 is 51.8.